The summed E-state index contributed by atoms with van der Waals surface area (Å²) in [6, 6.07) is 9.53. The highest BCUT2D eigenvalue weighted by Crippen LogP contribution is 2.06. The minimum Gasteiger partial charge on any atom is -0.366 e. The Morgan fingerprint density at radius 1 is 1.25 bits per heavy atom. The molecule has 0 aliphatic rings. The average Bonchev–Trinajstić information content (AvgIpc) is 2.82. The Morgan fingerprint density at radius 3 is 2.38 bits per heavy atom. The molecule has 0 fully saturated rings. The second-order valence-corrected chi connectivity index (χ2v) is 2.87. The molecule has 0 unspecified atom stereocenters. The van der Waals surface area contributed by atoms with Gasteiger partial charge in [0.05, 0.1) is 17.4 Å². The molecule has 4 nitrogen and oxygen atoms in total. The standard InChI is InChI=1S/C10H9N3O.C2H6/c11-10(14)8-6-12-13(7-8)9-4-2-1-3-5-9;1-2/h1-7H,(H2,11,14);1-2H3. The molecule has 0 spiro atoms. The van der Waals surface area contributed by atoms with Crippen molar-refractivity contribution >= 4 is 5.91 Å². The van der Waals surface area contributed by atoms with Crippen molar-refractivity contribution in [2.24, 2.45) is 5.73 Å². The van der Waals surface area contributed by atoms with Crippen molar-refractivity contribution in [1.29, 1.82) is 0 Å². The number of rotatable bonds is 2. The van der Waals surface area contributed by atoms with Crippen molar-refractivity contribution in [1.82, 2.24) is 9.78 Å². The van der Waals surface area contributed by atoms with E-state index in [4.69, 9.17) is 5.73 Å². The predicted octanol–water partition coefficient (Wildman–Crippen LogP) is 2.00. The van der Waals surface area contributed by atoms with Crippen molar-refractivity contribution in [3.63, 3.8) is 0 Å². The van der Waals surface area contributed by atoms with E-state index in [1.807, 2.05) is 44.2 Å². The molecule has 0 aliphatic carbocycles. The maximum absolute atomic E-state index is 10.8. The number of hydrogen-bond donors (Lipinski definition) is 1. The molecule has 1 amide bonds. The number of nitrogens with zero attached hydrogens (tertiary/aromatic N) is 2. The second kappa shape index (κ2) is 5.70. The topological polar surface area (TPSA) is 60.9 Å². The number of primary amides is 1. The van der Waals surface area contributed by atoms with E-state index in [-0.39, 0.29) is 0 Å². The van der Waals surface area contributed by atoms with Gasteiger partial charge in [-0.3, -0.25) is 4.79 Å². The number of para-hydroxylation sites is 1. The van der Waals surface area contributed by atoms with Crippen LogP contribution in [0.5, 0.6) is 0 Å². The van der Waals surface area contributed by atoms with E-state index in [9.17, 15) is 4.79 Å². The van der Waals surface area contributed by atoms with Gasteiger partial charge in [-0.15, -0.1) is 0 Å². The Labute approximate surface area is 94.7 Å². The van der Waals surface area contributed by atoms with Crippen LogP contribution in [-0.2, 0) is 0 Å². The highest BCUT2D eigenvalue weighted by atomic mass is 16.1. The van der Waals surface area contributed by atoms with Gasteiger partial charge in [-0.1, -0.05) is 32.0 Å². The molecule has 0 saturated carbocycles. The van der Waals surface area contributed by atoms with Crippen LogP contribution in [0.1, 0.15) is 24.2 Å². The summed E-state index contributed by atoms with van der Waals surface area (Å²) in [7, 11) is 0. The predicted molar refractivity (Wildman–Crippen MR) is 63.4 cm³/mol. The molecule has 2 rings (SSSR count). The zero-order valence-electron chi connectivity index (χ0n) is 9.42. The molecule has 0 saturated heterocycles. The highest BCUT2D eigenvalue weighted by Gasteiger charge is 2.04. The molecule has 0 aliphatic heterocycles. The average molecular weight is 217 g/mol. The van der Waals surface area contributed by atoms with Crippen LogP contribution in [0.3, 0.4) is 0 Å². The molecule has 84 valence electrons. The van der Waals surface area contributed by atoms with E-state index in [0.29, 0.717) is 5.56 Å². The fourth-order valence-corrected chi connectivity index (χ4v) is 1.17. The van der Waals surface area contributed by atoms with E-state index in [0.717, 1.165) is 5.69 Å². The van der Waals surface area contributed by atoms with Crippen LogP contribution in [-0.4, -0.2) is 15.7 Å². The SMILES string of the molecule is CC.NC(=O)c1cnn(-c2ccccc2)c1. The maximum atomic E-state index is 10.8. The van der Waals surface area contributed by atoms with E-state index >= 15 is 0 Å². The van der Waals surface area contributed by atoms with Crippen LogP contribution >= 0.6 is 0 Å². The lowest BCUT2D eigenvalue weighted by Gasteiger charge is -1.98. The van der Waals surface area contributed by atoms with Gasteiger partial charge in [0.1, 0.15) is 0 Å². The fraction of sp³-hybridized carbons (Fsp3) is 0.167. The van der Waals surface area contributed by atoms with E-state index in [2.05, 4.69) is 5.10 Å². The molecule has 2 N–H and O–H groups in total. The number of aromatic nitrogens is 2. The Kier molecular flexibility index (Phi) is 4.27. The third-order valence-corrected chi connectivity index (χ3v) is 1.89. The van der Waals surface area contributed by atoms with Crippen molar-refractivity contribution < 1.29 is 4.79 Å². The second-order valence-electron chi connectivity index (χ2n) is 2.87. The van der Waals surface area contributed by atoms with E-state index in [1.54, 1.807) is 10.9 Å². The number of benzene rings is 1. The molecule has 4 heteroatoms. The van der Waals surface area contributed by atoms with Gasteiger partial charge in [0.15, 0.2) is 0 Å². The number of carbonyl (C=O) groups excluding carboxylic acids is 1. The zero-order chi connectivity index (χ0) is 12.0. The van der Waals surface area contributed by atoms with Crippen LogP contribution in [0.2, 0.25) is 0 Å². The summed E-state index contributed by atoms with van der Waals surface area (Å²) in [5, 5.41) is 4.02. The summed E-state index contributed by atoms with van der Waals surface area (Å²) in [6.45, 7) is 4.00. The lowest BCUT2D eigenvalue weighted by Crippen LogP contribution is -2.09. The fourth-order valence-electron chi connectivity index (χ4n) is 1.17. The number of nitrogens with two attached hydrogens (primary N) is 1. The van der Waals surface area contributed by atoms with Gasteiger partial charge in [0, 0.05) is 6.20 Å². The van der Waals surface area contributed by atoms with Crippen molar-refractivity contribution in [2.75, 3.05) is 0 Å². The summed E-state index contributed by atoms with van der Waals surface area (Å²) in [5.74, 6) is -0.466. The monoisotopic (exact) mass is 217 g/mol. The van der Waals surface area contributed by atoms with Gasteiger partial charge in [-0.2, -0.15) is 5.10 Å². The number of amides is 1. The van der Waals surface area contributed by atoms with Gasteiger partial charge < -0.3 is 5.73 Å². The molecule has 16 heavy (non-hydrogen) atoms. The normalized spacial score (nSPS) is 9.12. The van der Waals surface area contributed by atoms with Crippen LogP contribution in [0, 0.1) is 0 Å². The van der Waals surface area contributed by atoms with Crippen LogP contribution < -0.4 is 5.73 Å². The Balaban J connectivity index is 0.000000606. The minimum absolute atomic E-state index is 0.411. The minimum atomic E-state index is -0.466. The number of hydrogen-bond acceptors (Lipinski definition) is 2. The Morgan fingerprint density at radius 2 is 1.88 bits per heavy atom. The first-order chi connectivity index (χ1) is 7.77. The first kappa shape index (κ1) is 12.0. The van der Waals surface area contributed by atoms with Crippen LogP contribution in [0.25, 0.3) is 5.69 Å². The quantitative estimate of drug-likeness (QED) is 0.836. The molecule has 0 atom stereocenters. The maximum Gasteiger partial charge on any atom is 0.251 e. The van der Waals surface area contributed by atoms with Gasteiger partial charge >= 0.3 is 0 Å². The van der Waals surface area contributed by atoms with Crippen molar-refractivity contribution in [3.8, 4) is 5.69 Å². The molecule has 1 aromatic heterocycles. The smallest absolute Gasteiger partial charge is 0.251 e. The van der Waals surface area contributed by atoms with Crippen LogP contribution in [0.4, 0.5) is 0 Å². The summed E-state index contributed by atoms with van der Waals surface area (Å²) in [5.41, 5.74) is 6.43. The Hall–Kier alpha value is -2.10. The van der Waals surface area contributed by atoms with Gasteiger partial charge in [0.25, 0.3) is 5.91 Å². The van der Waals surface area contributed by atoms with Gasteiger partial charge in [0.2, 0.25) is 0 Å². The third-order valence-electron chi connectivity index (χ3n) is 1.89. The lowest BCUT2D eigenvalue weighted by molar-refractivity contribution is 0.100. The molecular formula is C12H15N3O. The first-order valence-corrected chi connectivity index (χ1v) is 5.17. The molecule has 0 bridgehead atoms. The van der Waals surface area contributed by atoms with Crippen molar-refractivity contribution in [3.05, 3.63) is 48.3 Å². The summed E-state index contributed by atoms with van der Waals surface area (Å²) < 4.78 is 1.61. The number of carbonyl (C=O) groups is 1. The zero-order valence-corrected chi connectivity index (χ0v) is 9.42. The highest BCUT2D eigenvalue weighted by molar-refractivity contribution is 5.92. The van der Waals surface area contributed by atoms with Crippen molar-refractivity contribution in [2.45, 2.75) is 13.8 Å². The van der Waals surface area contributed by atoms with Gasteiger partial charge in [-0.05, 0) is 12.1 Å². The molecule has 1 heterocycles. The molecule has 0 radical (unpaired) electrons. The molecule has 2 aromatic rings. The largest absolute Gasteiger partial charge is 0.366 e. The van der Waals surface area contributed by atoms with E-state index in [1.165, 1.54) is 6.20 Å². The molecule has 1 aromatic carbocycles. The molecular weight excluding hydrogens is 202 g/mol. The third kappa shape index (κ3) is 2.70. The first-order valence-electron chi connectivity index (χ1n) is 5.17. The summed E-state index contributed by atoms with van der Waals surface area (Å²) >= 11 is 0. The summed E-state index contributed by atoms with van der Waals surface area (Å²) in [4.78, 5) is 10.8. The van der Waals surface area contributed by atoms with Gasteiger partial charge in [-0.25, -0.2) is 4.68 Å². The van der Waals surface area contributed by atoms with Crippen LogP contribution in [0.15, 0.2) is 42.7 Å². The summed E-state index contributed by atoms with van der Waals surface area (Å²) in [6.07, 6.45) is 3.06. The van der Waals surface area contributed by atoms with E-state index < -0.39 is 5.91 Å². The Bertz CT molecular complexity index is 448. The lowest BCUT2D eigenvalue weighted by atomic mass is 10.3.